The molecule has 0 aromatic carbocycles. The summed E-state index contributed by atoms with van der Waals surface area (Å²) < 4.78 is 26.4. The monoisotopic (exact) mass is 306 g/mol. The van der Waals surface area contributed by atoms with Crippen LogP contribution in [0.1, 0.15) is 12.2 Å². The molecule has 0 saturated carbocycles. The summed E-state index contributed by atoms with van der Waals surface area (Å²) in [4.78, 5) is 26.0. The maximum atomic E-state index is 11.5. The first kappa shape index (κ1) is 15.9. The largest absolute Gasteiger partial charge is 0.480 e. The normalized spacial score (nSPS) is 12.7. The fourth-order valence-electron chi connectivity index (χ4n) is 1.23. The number of carboxylic acids is 1. The van der Waals surface area contributed by atoms with E-state index < -0.39 is 27.9 Å². The number of carbonyl (C=O) groups is 2. The van der Waals surface area contributed by atoms with Gasteiger partial charge in [-0.3, -0.25) is 0 Å². The summed E-state index contributed by atoms with van der Waals surface area (Å²) in [6.45, 7) is -0.0409. The summed E-state index contributed by atoms with van der Waals surface area (Å²) >= 11 is 0. The minimum absolute atomic E-state index is 0.0409. The van der Waals surface area contributed by atoms with Crippen molar-refractivity contribution in [2.24, 2.45) is 0 Å². The van der Waals surface area contributed by atoms with Crippen molar-refractivity contribution in [1.82, 2.24) is 20.8 Å². The highest BCUT2D eigenvalue weighted by atomic mass is 32.2. The zero-order chi connectivity index (χ0) is 15.2. The van der Waals surface area contributed by atoms with Crippen LogP contribution < -0.4 is 10.6 Å². The lowest BCUT2D eigenvalue weighted by molar-refractivity contribution is -0.139. The van der Waals surface area contributed by atoms with Crippen LogP contribution in [0.3, 0.4) is 0 Å². The van der Waals surface area contributed by atoms with Crippen molar-refractivity contribution in [3.63, 3.8) is 0 Å². The first-order chi connectivity index (χ1) is 9.28. The fraction of sp³-hybridized carbons (Fsp3) is 0.556. The summed E-state index contributed by atoms with van der Waals surface area (Å²) in [6.07, 6.45) is 1.85. The number of aromatic nitrogens is 2. The number of sulfone groups is 1. The Morgan fingerprint density at radius 3 is 2.70 bits per heavy atom. The molecule has 2 amide bonds. The van der Waals surface area contributed by atoms with Crippen LogP contribution in [0.4, 0.5) is 4.79 Å². The van der Waals surface area contributed by atoms with E-state index in [1.807, 2.05) is 0 Å². The van der Waals surface area contributed by atoms with Crippen LogP contribution in [0.25, 0.3) is 0 Å². The minimum atomic E-state index is -3.30. The number of aliphatic carboxylic acids is 1. The van der Waals surface area contributed by atoms with E-state index in [0.29, 0.717) is 0 Å². The molecule has 3 N–H and O–H groups in total. The van der Waals surface area contributed by atoms with Gasteiger partial charge in [0.15, 0.2) is 5.82 Å². The molecule has 0 aliphatic heterocycles. The molecule has 0 fully saturated rings. The lowest BCUT2D eigenvalue weighted by Crippen LogP contribution is -2.46. The van der Waals surface area contributed by atoms with Crippen molar-refractivity contribution < 1.29 is 27.6 Å². The second kappa shape index (κ2) is 6.84. The zero-order valence-corrected chi connectivity index (χ0v) is 11.4. The summed E-state index contributed by atoms with van der Waals surface area (Å²) in [5.74, 6) is -1.43. The van der Waals surface area contributed by atoms with E-state index in [0.717, 1.165) is 12.6 Å². The average molecular weight is 306 g/mol. The fourth-order valence-corrected chi connectivity index (χ4v) is 1.89. The van der Waals surface area contributed by atoms with Gasteiger partial charge >= 0.3 is 12.0 Å². The third-order valence-corrected chi connectivity index (χ3v) is 3.17. The van der Waals surface area contributed by atoms with E-state index in [9.17, 15) is 18.0 Å². The standard InChI is InChI=1S/C9H14N4O6S/c1-20(17,18)3-2-6(8(14)15)12-9(16)10-4-7-11-5-19-13-7/h5-6H,2-4H2,1H3,(H,14,15)(H2,10,12,16). The van der Waals surface area contributed by atoms with Crippen LogP contribution in [-0.4, -0.2) is 53.7 Å². The highest BCUT2D eigenvalue weighted by Crippen LogP contribution is 1.97. The Morgan fingerprint density at radius 2 is 2.20 bits per heavy atom. The Kier molecular flexibility index (Phi) is 5.43. The number of amides is 2. The highest BCUT2D eigenvalue weighted by Gasteiger charge is 2.21. The van der Waals surface area contributed by atoms with Crippen molar-refractivity contribution >= 4 is 21.8 Å². The van der Waals surface area contributed by atoms with Gasteiger partial charge in [0.25, 0.3) is 0 Å². The van der Waals surface area contributed by atoms with E-state index in [-0.39, 0.29) is 24.5 Å². The van der Waals surface area contributed by atoms with Crippen LogP contribution in [0.2, 0.25) is 0 Å². The number of nitrogens with zero attached hydrogens (tertiary/aromatic N) is 2. The Hall–Kier alpha value is -2.17. The predicted molar refractivity (Wildman–Crippen MR) is 65.4 cm³/mol. The predicted octanol–water partition coefficient (Wildman–Crippen LogP) is -1.24. The van der Waals surface area contributed by atoms with Gasteiger partial charge in [0.1, 0.15) is 15.9 Å². The highest BCUT2D eigenvalue weighted by molar-refractivity contribution is 7.90. The number of rotatable bonds is 7. The number of nitrogens with one attached hydrogen (secondary N) is 2. The molecule has 1 unspecified atom stereocenters. The van der Waals surface area contributed by atoms with E-state index in [1.54, 1.807) is 0 Å². The molecule has 10 nitrogen and oxygen atoms in total. The number of carbonyl (C=O) groups excluding carboxylic acids is 1. The first-order valence-electron chi connectivity index (χ1n) is 5.48. The maximum Gasteiger partial charge on any atom is 0.326 e. The van der Waals surface area contributed by atoms with Gasteiger partial charge in [-0.05, 0) is 6.42 Å². The number of urea groups is 1. The molecule has 0 spiro atoms. The molecule has 0 radical (unpaired) electrons. The molecular weight excluding hydrogens is 292 g/mol. The molecule has 1 rings (SSSR count). The summed E-state index contributed by atoms with van der Waals surface area (Å²) in [5, 5.41) is 16.8. The van der Waals surface area contributed by atoms with E-state index in [1.165, 1.54) is 0 Å². The zero-order valence-electron chi connectivity index (χ0n) is 10.6. The van der Waals surface area contributed by atoms with Gasteiger partial charge in [0, 0.05) is 6.26 Å². The summed E-state index contributed by atoms with van der Waals surface area (Å²) in [6, 6.07) is -2.06. The topological polar surface area (TPSA) is 151 Å². The summed E-state index contributed by atoms with van der Waals surface area (Å²) in [7, 11) is -3.30. The first-order valence-corrected chi connectivity index (χ1v) is 7.54. The van der Waals surface area contributed by atoms with Crippen LogP contribution in [0, 0.1) is 0 Å². The molecule has 1 aromatic heterocycles. The number of hydrogen-bond donors (Lipinski definition) is 3. The van der Waals surface area contributed by atoms with Crippen LogP contribution in [0.15, 0.2) is 10.9 Å². The molecule has 0 saturated heterocycles. The van der Waals surface area contributed by atoms with Gasteiger partial charge in [0.05, 0.1) is 12.3 Å². The molecule has 1 atom stereocenters. The summed E-state index contributed by atoms with van der Waals surface area (Å²) in [5.41, 5.74) is 0. The molecule has 0 aliphatic carbocycles. The Morgan fingerprint density at radius 1 is 1.50 bits per heavy atom. The second-order valence-corrected chi connectivity index (χ2v) is 6.24. The van der Waals surface area contributed by atoms with Crippen LogP contribution >= 0.6 is 0 Å². The Bertz CT molecular complexity index is 555. The quantitative estimate of drug-likeness (QED) is 0.565. The molecule has 0 bridgehead atoms. The lowest BCUT2D eigenvalue weighted by Gasteiger charge is -2.14. The van der Waals surface area contributed by atoms with Crippen LogP contribution in [-0.2, 0) is 21.2 Å². The Balaban J connectivity index is 2.44. The van der Waals surface area contributed by atoms with Gasteiger partial charge in [-0.25, -0.2) is 18.0 Å². The Labute approximate surface area is 114 Å². The second-order valence-electron chi connectivity index (χ2n) is 3.98. The van der Waals surface area contributed by atoms with Crippen molar-refractivity contribution in [3.8, 4) is 0 Å². The molecule has 11 heteroatoms. The van der Waals surface area contributed by atoms with Gasteiger partial charge in [-0.1, -0.05) is 5.16 Å². The SMILES string of the molecule is CS(=O)(=O)CCC(NC(=O)NCc1ncon1)C(=O)O. The van der Waals surface area contributed by atoms with E-state index >= 15 is 0 Å². The molecule has 0 aliphatic rings. The van der Waals surface area contributed by atoms with Gasteiger partial charge in [-0.15, -0.1) is 0 Å². The lowest BCUT2D eigenvalue weighted by atomic mass is 10.2. The molecule has 1 aromatic rings. The third-order valence-electron chi connectivity index (χ3n) is 2.19. The van der Waals surface area contributed by atoms with E-state index in [4.69, 9.17) is 5.11 Å². The smallest absolute Gasteiger partial charge is 0.326 e. The number of carboxylic acid groups (broad SMARTS) is 1. The van der Waals surface area contributed by atoms with Crippen molar-refractivity contribution in [3.05, 3.63) is 12.2 Å². The van der Waals surface area contributed by atoms with Gasteiger partial charge in [0.2, 0.25) is 6.39 Å². The van der Waals surface area contributed by atoms with Crippen molar-refractivity contribution in [2.45, 2.75) is 19.0 Å². The van der Waals surface area contributed by atoms with Crippen molar-refractivity contribution in [2.75, 3.05) is 12.0 Å². The minimum Gasteiger partial charge on any atom is -0.480 e. The molecular formula is C9H14N4O6S. The van der Waals surface area contributed by atoms with Gasteiger partial charge < -0.3 is 20.3 Å². The average Bonchev–Trinajstić information content (AvgIpc) is 2.83. The van der Waals surface area contributed by atoms with Crippen molar-refractivity contribution in [1.29, 1.82) is 0 Å². The molecule has 20 heavy (non-hydrogen) atoms. The molecule has 1 heterocycles. The number of hydrogen-bond acceptors (Lipinski definition) is 7. The molecule has 112 valence electrons. The van der Waals surface area contributed by atoms with E-state index in [2.05, 4.69) is 25.3 Å². The third kappa shape index (κ3) is 6.13. The van der Waals surface area contributed by atoms with Crippen LogP contribution in [0.5, 0.6) is 0 Å². The maximum absolute atomic E-state index is 11.5. The van der Waals surface area contributed by atoms with Gasteiger partial charge in [-0.2, -0.15) is 4.98 Å².